The molecule has 0 rings (SSSR count). The molecule has 0 fully saturated rings. The predicted octanol–water partition coefficient (Wildman–Crippen LogP) is 6.64. The Bertz CT molecular complexity index is 150. The Labute approximate surface area is 145 Å². The maximum absolute atomic E-state index is 3.28. The lowest BCUT2D eigenvalue weighted by Gasteiger charge is -2.08. The van der Waals surface area contributed by atoms with Crippen LogP contribution in [0.5, 0.6) is 0 Å². The molecule has 0 aliphatic heterocycles. The van der Waals surface area contributed by atoms with Crippen molar-refractivity contribution in [3.05, 3.63) is 0 Å². The van der Waals surface area contributed by atoms with E-state index in [2.05, 4.69) is 57.8 Å². The summed E-state index contributed by atoms with van der Waals surface area (Å²) in [4.78, 5) is 2.28. The summed E-state index contributed by atoms with van der Waals surface area (Å²) in [7, 11) is 4.32. The third-order valence-corrected chi connectivity index (χ3v) is 4.35. The van der Waals surface area contributed by atoms with Gasteiger partial charge in [-0.1, -0.05) is 96.6 Å². The van der Waals surface area contributed by atoms with Gasteiger partial charge < -0.3 is 4.90 Å². The van der Waals surface area contributed by atoms with Gasteiger partial charge in [-0.05, 0) is 33.5 Å². The van der Waals surface area contributed by atoms with Crippen molar-refractivity contribution in [2.24, 2.45) is 0 Å². The summed E-state index contributed by atoms with van der Waals surface area (Å²) in [6, 6.07) is 0. The summed E-state index contributed by atoms with van der Waals surface area (Å²) in [5.74, 6) is 0. The zero-order valence-corrected chi connectivity index (χ0v) is 17.3. The molecule has 0 N–H and O–H groups in total. The topological polar surface area (TPSA) is 3.24 Å². The van der Waals surface area contributed by atoms with Crippen LogP contribution in [0.4, 0.5) is 0 Å². The Morgan fingerprint density at radius 3 is 1.30 bits per heavy atom. The first kappa shape index (κ1) is 23.2. The second kappa shape index (κ2) is 22.2. The van der Waals surface area contributed by atoms with Crippen LogP contribution in [-0.4, -0.2) is 36.2 Å². The van der Waals surface area contributed by atoms with E-state index in [1.165, 1.54) is 77.2 Å². The van der Waals surface area contributed by atoms with Gasteiger partial charge in [0.05, 0.1) is 0 Å². The van der Waals surface area contributed by atoms with Gasteiger partial charge in [-0.25, -0.2) is 0 Å². The minimum atomic E-state index is 1.11. The van der Waals surface area contributed by atoms with Gasteiger partial charge in [0.2, 0.25) is 0 Å². The lowest BCUT2D eigenvalue weighted by Crippen LogP contribution is -2.12. The molecule has 0 saturated heterocycles. The molecule has 0 spiro atoms. The first-order valence-corrected chi connectivity index (χ1v) is 10.7. The number of alkyl halides is 2. The highest BCUT2D eigenvalue weighted by Gasteiger charge is 1.93. The van der Waals surface area contributed by atoms with Crippen LogP contribution in [-0.2, 0) is 0 Å². The fourth-order valence-electron chi connectivity index (χ4n) is 1.97. The van der Waals surface area contributed by atoms with Crippen molar-refractivity contribution in [3.8, 4) is 0 Å². The summed E-state index contributed by atoms with van der Waals surface area (Å²) >= 11 is 6.56. The van der Waals surface area contributed by atoms with Crippen molar-refractivity contribution in [2.45, 2.75) is 77.6 Å². The van der Waals surface area contributed by atoms with Gasteiger partial charge in [-0.15, -0.1) is 0 Å². The molecule has 0 saturated carbocycles. The smallest absolute Gasteiger partial charge is 0.00392 e. The highest BCUT2D eigenvalue weighted by atomic mass is 79.9. The van der Waals surface area contributed by atoms with Crippen molar-refractivity contribution >= 4 is 31.9 Å². The maximum atomic E-state index is 3.28. The molecule has 0 heterocycles. The molecule has 3 heteroatoms. The fourth-order valence-corrected chi connectivity index (χ4v) is 3.28. The van der Waals surface area contributed by atoms with E-state index < -0.39 is 0 Å². The second-order valence-corrected chi connectivity index (χ2v) is 7.30. The lowest BCUT2D eigenvalue weighted by molar-refractivity contribution is 0.389. The first-order chi connectivity index (χ1) is 9.68. The van der Waals surface area contributed by atoms with Crippen molar-refractivity contribution in [2.75, 3.05) is 31.3 Å². The van der Waals surface area contributed by atoms with Crippen LogP contribution >= 0.6 is 31.9 Å². The maximum Gasteiger partial charge on any atom is 0.00392 e. The number of hydrogen-bond donors (Lipinski definition) is 0. The standard InChI is InChI=1S/C14H31N.C3H6Br2/c1-4-5-6-7-8-9-10-11-12-13-14-15(2)3;4-2-1-3-5/h4-14H2,1-3H3;1-3H2. The number of unbranched alkanes of at least 4 members (excludes halogenated alkanes) is 9. The fraction of sp³-hybridized carbons (Fsp3) is 1.00. The molecule has 0 aromatic carbocycles. The van der Waals surface area contributed by atoms with Gasteiger partial charge in [0.25, 0.3) is 0 Å². The van der Waals surface area contributed by atoms with Gasteiger partial charge in [0, 0.05) is 10.7 Å². The van der Waals surface area contributed by atoms with Gasteiger partial charge in [0.15, 0.2) is 0 Å². The van der Waals surface area contributed by atoms with Crippen molar-refractivity contribution in [1.82, 2.24) is 4.90 Å². The molecule has 0 aromatic rings. The Hall–Kier alpha value is 0.920. The van der Waals surface area contributed by atoms with E-state index in [1.807, 2.05) is 0 Å². The van der Waals surface area contributed by atoms with Crippen LogP contribution in [0.25, 0.3) is 0 Å². The van der Waals surface area contributed by atoms with Gasteiger partial charge in [0.1, 0.15) is 0 Å². The summed E-state index contributed by atoms with van der Waals surface area (Å²) in [6.07, 6.45) is 15.6. The molecule has 0 unspecified atom stereocenters. The van der Waals surface area contributed by atoms with Gasteiger partial charge in [-0.2, -0.15) is 0 Å². The summed E-state index contributed by atoms with van der Waals surface area (Å²) in [5, 5.41) is 2.22. The van der Waals surface area contributed by atoms with E-state index in [0.29, 0.717) is 0 Å². The highest BCUT2D eigenvalue weighted by molar-refractivity contribution is 9.09. The monoisotopic (exact) mass is 413 g/mol. The van der Waals surface area contributed by atoms with E-state index in [0.717, 1.165) is 10.7 Å². The van der Waals surface area contributed by atoms with E-state index >= 15 is 0 Å². The van der Waals surface area contributed by atoms with Crippen molar-refractivity contribution in [1.29, 1.82) is 0 Å². The summed E-state index contributed by atoms with van der Waals surface area (Å²) < 4.78 is 0. The second-order valence-electron chi connectivity index (χ2n) is 5.72. The Balaban J connectivity index is 0. The molecule has 1 nitrogen and oxygen atoms in total. The van der Waals surface area contributed by atoms with Crippen LogP contribution < -0.4 is 0 Å². The zero-order chi connectivity index (χ0) is 15.5. The predicted molar refractivity (Wildman–Crippen MR) is 103 cm³/mol. The molecule has 20 heavy (non-hydrogen) atoms. The number of hydrogen-bond acceptors (Lipinski definition) is 1. The average Bonchev–Trinajstić information content (AvgIpc) is 2.42. The first-order valence-electron chi connectivity index (χ1n) is 8.45. The normalized spacial score (nSPS) is 10.5. The largest absolute Gasteiger partial charge is 0.309 e. The minimum Gasteiger partial charge on any atom is -0.309 e. The zero-order valence-electron chi connectivity index (χ0n) is 14.1. The quantitative estimate of drug-likeness (QED) is 0.241. The number of halogens is 2. The van der Waals surface area contributed by atoms with Crippen LogP contribution in [0.2, 0.25) is 0 Å². The molecule has 0 amide bonds. The van der Waals surface area contributed by atoms with E-state index in [4.69, 9.17) is 0 Å². The van der Waals surface area contributed by atoms with E-state index in [9.17, 15) is 0 Å². The highest BCUT2D eigenvalue weighted by Crippen LogP contribution is 2.10. The van der Waals surface area contributed by atoms with Crippen LogP contribution in [0, 0.1) is 0 Å². The molecule has 0 bridgehead atoms. The molecule has 0 atom stereocenters. The third-order valence-electron chi connectivity index (χ3n) is 3.23. The van der Waals surface area contributed by atoms with Crippen LogP contribution in [0.15, 0.2) is 0 Å². The minimum absolute atomic E-state index is 1.11. The Morgan fingerprint density at radius 2 is 1.00 bits per heavy atom. The third kappa shape index (κ3) is 27.3. The van der Waals surface area contributed by atoms with Gasteiger partial charge >= 0.3 is 0 Å². The molecular weight excluding hydrogens is 378 g/mol. The molecular formula is C17H37Br2N. The lowest BCUT2D eigenvalue weighted by atomic mass is 10.1. The number of rotatable bonds is 13. The molecule has 124 valence electrons. The van der Waals surface area contributed by atoms with Crippen LogP contribution in [0.3, 0.4) is 0 Å². The van der Waals surface area contributed by atoms with E-state index in [1.54, 1.807) is 0 Å². The Morgan fingerprint density at radius 1 is 0.600 bits per heavy atom. The van der Waals surface area contributed by atoms with Crippen molar-refractivity contribution in [3.63, 3.8) is 0 Å². The van der Waals surface area contributed by atoms with Gasteiger partial charge in [-0.3, -0.25) is 0 Å². The molecule has 0 aromatic heterocycles. The van der Waals surface area contributed by atoms with Crippen molar-refractivity contribution < 1.29 is 0 Å². The summed E-state index contributed by atoms with van der Waals surface area (Å²) in [6.45, 7) is 3.54. The van der Waals surface area contributed by atoms with E-state index in [-0.39, 0.29) is 0 Å². The SMILES string of the molecule is BrCCCBr.CCCCCCCCCCCCN(C)C. The van der Waals surface area contributed by atoms with Crippen LogP contribution in [0.1, 0.15) is 77.6 Å². The average molecular weight is 415 g/mol. The molecule has 0 radical (unpaired) electrons. The molecule has 0 aliphatic rings. The summed E-state index contributed by atoms with van der Waals surface area (Å²) in [5.41, 5.74) is 0. The Kier molecular flexibility index (Phi) is 25.7. The number of nitrogens with zero attached hydrogens (tertiary/aromatic N) is 1. The molecule has 0 aliphatic carbocycles.